The Morgan fingerprint density at radius 2 is 1.91 bits per heavy atom. The molecule has 2 amide bonds. The third-order valence-corrected chi connectivity index (χ3v) is 6.05. The topological polar surface area (TPSA) is 91.5 Å². The Balaban J connectivity index is 1.59. The van der Waals surface area contributed by atoms with E-state index in [0.717, 1.165) is 5.56 Å². The minimum Gasteiger partial charge on any atom is -0.444 e. The average Bonchev–Trinajstić information content (AvgIpc) is 3.28. The van der Waals surface area contributed by atoms with Gasteiger partial charge in [-0.3, -0.25) is 9.59 Å². The first kappa shape index (κ1) is 23.8. The molecule has 2 N–H and O–H groups in total. The normalized spacial score (nSPS) is 16.9. The van der Waals surface area contributed by atoms with E-state index in [1.54, 1.807) is 29.3 Å². The Morgan fingerprint density at radius 3 is 2.62 bits per heavy atom. The fourth-order valence-corrected chi connectivity index (χ4v) is 4.31. The Bertz CT molecular complexity index is 1270. The van der Waals surface area contributed by atoms with Gasteiger partial charge in [-0.05, 0) is 51.0 Å². The van der Waals surface area contributed by atoms with Crippen molar-refractivity contribution in [3.05, 3.63) is 81.1 Å². The highest BCUT2D eigenvalue weighted by atomic mass is 35.5. The van der Waals surface area contributed by atoms with E-state index in [2.05, 4.69) is 10.3 Å². The summed E-state index contributed by atoms with van der Waals surface area (Å²) >= 11 is 6.06. The fraction of sp³-hybridized carbons (Fsp3) is 0.346. The predicted molar refractivity (Wildman–Crippen MR) is 132 cm³/mol. The lowest BCUT2D eigenvalue weighted by atomic mass is 9.97. The molecule has 7 nitrogen and oxygen atoms in total. The summed E-state index contributed by atoms with van der Waals surface area (Å²) in [6, 6.07) is 13.8. The number of carbonyl (C=O) groups is 2. The Labute approximate surface area is 203 Å². The fourth-order valence-electron chi connectivity index (χ4n) is 4.14. The van der Waals surface area contributed by atoms with Crippen LogP contribution in [0.3, 0.4) is 0 Å². The van der Waals surface area contributed by atoms with Crippen LogP contribution in [0, 0.1) is 5.92 Å². The Kier molecular flexibility index (Phi) is 6.66. The Hall–Kier alpha value is -3.32. The number of aromatic nitrogens is 1. The second-order valence-corrected chi connectivity index (χ2v) is 9.96. The lowest BCUT2D eigenvalue weighted by Gasteiger charge is -2.25. The highest BCUT2D eigenvalue weighted by Crippen LogP contribution is 2.25. The van der Waals surface area contributed by atoms with Crippen LogP contribution in [0.25, 0.3) is 10.9 Å². The standard InChI is InChI=1S/C26H28ClN3O4/c1-26(2,3)34-25(33)30-12-11-17(15-30)24(32)29-22(16-7-5-4-6-8-16)20-14-28-21-13-18(27)9-10-19(21)23(20)31/h4-10,13-14,17,22H,11-12,15H2,1-3H3,(H,28,31)(H,29,32). The summed E-state index contributed by atoms with van der Waals surface area (Å²) in [7, 11) is 0. The van der Waals surface area contributed by atoms with Gasteiger partial charge in [-0.2, -0.15) is 0 Å². The van der Waals surface area contributed by atoms with Crippen LogP contribution in [0.4, 0.5) is 4.79 Å². The molecule has 34 heavy (non-hydrogen) atoms. The number of carbonyl (C=O) groups excluding carboxylic acids is 2. The summed E-state index contributed by atoms with van der Waals surface area (Å²) in [5, 5.41) is 4.07. The van der Waals surface area contributed by atoms with E-state index in [1.165, 1.54) is 0 Å². The number of fused-ring (bicyclic) bond motifs is 1. The van der Waals surface area contributed by atoms with Gasteiger partial charge >= 0.3 is 6.09 Å². The summed E-state index contributed by atoms with van der Waals surface area (Å²) < 4.78 is 5.43. The van der Waals surface area contributed by atoms with Crippen molar-refractivity contribution in [2.75, 3.05) is 13.1 Å². The molecule has 0 spiro atoms. The number of amides is 2. The van der Waals surface area contributed by atoms with Crippen molar-refractivity contribution in [2.45, 2.75) is 38.8 Å². The molecule has 4 rings (SSSR count). The number of aromatic amines is 1. The molecule has 1 saturated heterocycles. The molecule has 1 fully saturated rings. The van der Waals surface area contributed by atoms with Gasteiger partial charge in [0.25, 0.3) is 0 Å². The molecule has 1 aliphatic rings. The smallest absolute Gasteiger partial charge is 0.410 e. The predicted octanol–water partition coefficient (Wildman–Crippen LogP) is 4.64. The lowest BCUT2D eigenvalue weighted by Crippen LogP contribution is -2.39. The molecular formula is C26H28ClN3O4. The molecule has 178 valence electrons. The number of benzene rings is 2. The quantitative estimate of drug-likeness (QED) is 0.567. The van der Waals surface area contributed by atoms with Crippen LogP contribution in [-0.4, -0.2) is 40.6 Å². The zero-order valence-electron chi connectivity index (χ0n) is 19.4. The number of hydrogen-bond acceptors (Lipinski definition) is 4. The third-order valence-electron chi connectivity index (χ3n) is 5.81. The monoisotopic (exact) mass is 481 g/mol. The van der Waals surface area contributed by atoms with Gasteiger partial charge in [-0.15, -0.1) is 0 Å². The lowest BCUT2D eigenvalue weighted by molar-refractivity contribution is -0.125. The van der Waals surface area contributed by atoms with Gasteiger partial charge in [-0.1, -0.05) is 41.9 Å². The summed E-state index contributed by atoms with van der Waals surface area (Å²) in [4.78, 5) is 43.7. The number of halogens is 1. The van der Waals surface area contributed by atoms with E-state index in [0.29, 0.717) is 34.5 Å². The molecule has 2 unspecified atom stereocenters. The van der Waals surface area contributed by atoms with Crippen molar-refractivity contribution in [3.8, 4) is 0 Å². The molecule has 3 aromatic rings. The first-order valence-electron chi connectivity index (χ1n) is 11.3. The van der Waals surface area contributed by atoms with Crippen LogP contribution in [-0.2, 0) is 9.53 Å². The molecule has 0 radical (unpaired) electrons. The second-order valence-electron chi connectivity index (χ2n) is 9.53. The summed E-state index contributed by atoms with van der Waals surface area (Å²) in [6.45, 7) is 6.15. The first-order valence-corrected chi connectivity index (χ1v) is 11.6. The highest BCUT2D eigenvalue weighted by Gasteiger charge is 2.34. The number of rotatable bonds is 4. The van der Waals surface area contributed by atoms with Crippen LogP contribution in [0.15, 0.2) is 59.5 Å². The van der Waals surface area contributed by atoms with Gasteiger partial charge in [0.2, 0.25) is 5.91 Å². The van der Waals surface area contributed by atoms with E-state index >= 15 is 0 Å². The molecule has 2 atom stereocenters. The first-order chi connectivity index (χ1) is 16.1. The number of hydrogen-bond donors (Lipinski definition) is 2. The summed E-state index contributed by atoms with van der Waals surface area (Å²) in [6.07, 6.45) is 1.73. The molecule has 1 aromatic heterocycles. The molecule has 2 heterocycles. The van der Waals surface area contributed by atoms with E-state index in [4.69, 9.17) is 16.3 Å². The molecule has 8 heteroatoms. The van der Waals surface area contributed by atoms with Gasteiger partial charge in [0.1, 0.15) is 5.60 Å². The van der Waals surface area contributed by atoms with Crippen LogP contribution in [0.2, 0.25) is 5.02 Å². The van der Waals surface area contributed by atoms with Crippen LogP contribution < -0.4 is 10.7 Å². The maximum absolute atomic E-state index is 13.3. The van der Waals surface area contributed by atoms with Crippen molar-refractivity contribution >= 4 is 34.5 Å². The van der Waals surface area contributed by atoms with Gasteiger partial charge < -0.3 is 19.9 Å². The van der Waals surface area contributed by atoms with Crippen LogP contribution >= 0.6 is 11.6 Å². The Morgan fingerprint density at radius 1 is 1.18 bits per heavy atom. The van der Waals surface area contributed by atoms with E-state index < -0.39 is 23.7 Å². The SMILES string of the molecule is CC(C)(C)OC(=O)N1CCC(C(=O)NC(c2ccccc2)c2c[nH]c3cc(Cl)ccc3c2=O)C1. The zero-order chi connectivity index (χ0) is 24.5. The van der Waals surface area contributed by atoms with Crippen LogP contribution in [0.5, 0.6) is 0 Å². The number of ether oxygens (including phenoxy) is 1. The van der Waals surface area contributed by atoms with Crippen molar-refractivity contribution in [1.29, 1.82) is 0 Å². The maximum atomic E-state index is 13.3. The number of nitrogens with one attached hydrogen (secondary N) is 2. The largest absolute Gasteiger partial charge is 0.444 e. The van der Waals surface area contributed by atoms with E-state index in [9.17, 15) is 14.4 Å². The second kappa shape index (κ2) is 9.50. The highest BCUT2D eigenvalue weighted by molar-refractivity contribution is 6.31. The van der Waals surface area contributed by atoms with Crippen LogP contribution in [0.1, 0.15) is 44.4 Å². The molecule has 0 aliphatic carbocycles. The number of nitrogens with zero attached hydrogens (tertiary/aromatic N) is 1. The van der Waals surface area contributed by atoms with E-state index in [1.807, 2.05) is 51.1 Å². The molecule has 1 aliphatic heterocycles. The minimum absolute atomic E-state index is 0.179. The summed E-state index contributed by atoms with van der Waals surface area (Å²) in [5.74, 6) is -0.604. The van der Waals surface area contributed by atoms with Gasteiger partial charge in [0.15, 0.2) is 5.43 Å². The van der Waals surface area contributed by atoms with Crippen molar-refractivity contribution in [2.24, 2.45) is 5.92 Å². The number of likely N-dealkylation sites (tertiary alicyclic amines) is 1. The third kappa shape index (κ3) is 5.25. The van der Waals surface area contributed by atoms with Crippen molar-refractivity contribution < 1.29 is 14.3 Å². The van der Waals surface area contributed by atoms with E-state index in [-0.39, 0.29) is 17.9 Å². The molecule has 0 bridgehead atoms. The van der Waals surface area contributed by atoms with Gasteiger partial charge in [0.05, 0.1) is 17.5 Å². The average molecular weight is 482 g/mol. The number of H-pyrrole nitrogens is 1. The molecule has 0 saturated carbocycles. The van der Waals surface area contributed by atoms with Crippen molar-refractivity contribution in [3.63, 3.8) is 0 Å². The minimum atomic E-state index is -0.645. The van der Waals surface area contributed by atoms with Crippen molar-refractivity contribution in [1.82, 2.24) is 15.2 Å². The zero-order valence-corrected chi connectivity index (χ0v) is 20.2. The maximum Gasteiger partial charge on any atom is 0.410 e. The van der Waals surface area contributed by atoms with Gasteiger partial charge in [0, 0.05) is 35.3 Å². The summed E-state index contributed by atoms with van der Waals surface area (Å²) in [5.41, 5.74) is 1.06. The van der Waals surface area contributed by atoms with Gasteiger partial charge in [-0.25, -0.2) is 4.79 Å². The molecule has 2 aromatic carbocycles. The molecular weight excluding hydrogens is 454 g/mol. The number of pyridine rings is 1.